The molecule has 2 aromatic carbocycles. The molecule has 0 bridgehead atoms. The number of para-hydroxylation sites is 1. The summed E-state index contributed by atoms with van der Waals surface area (Å²) in [4.78, 5) is 5.23. The Balaban J connectivity index is 2.13. The molecule has 25 heavy (non-hydrogen) atoms. The molecular weight excluding hydrogens is 402 g/mol. The standard InChI is InChI=1S/C18H16BrN3O2S/c1-2-20-18-22(21-10-12-6-5-9-16(23)17(12)24)15(11-25-18)13-7-3-4-8-14(13)19/h3-11,23-24H,2H2,1H3. The highest BCUT2D eigenvalue weighted by Gasteiger charge is 2.10. The van der Waals surface area contributed by atoms with E-state index in [2.05, 4.69) is 26.0 Å². The first-order valence-electron chi connectivity index (χ1n) is 7.63. The molecule has 0 aliphatic rings. The third-order valence-electron chi connectivity index (χ3n) is 3.49. The number of phenols is 2. The lowest BCUT2D eigenvalue weighted by molar-refractivity contribution is 0.403. The number of benzene rings is 2. The normalized spacial score (nSPS) is 12.2. The van der Waals surface area contributed by atoms with E-state index in [1.807, 2.05) is 36.6 Å². The number of phenolic OH excluding ortho intramolecular Hbond substituents is 2. The maximum absolute atomic E-state index is 9.95. The smallest absolute Gasteiger partial charge is 0.206 e. The van der Waals surface area contributed by atoms with E-state index in [-0.39, 0.29) is 11.5 Å². The Labute approximate surface area is 157 Å². The van der Waals surface area contributed by atoms with Crippen molar-refractivity contribution >= 4 is 33.5 Å². The molecule has 3 rings (SSSR count). The van der Waals surface area contributed by atoms with Crippen LogP contribution < -0.4 is 4.80 Å². The first-order chi connectivity index (χ1) is 12.1. The van der Waals surface area contributed by atoms with Crippen molar-refractivity contribution in [2.75, 3.05) is 6.54 Å². The molecule has 2 N–H and O–H groups in total. The van der Waals surface area contributed by atoms with Gasteiger partial charge in [0.15, 0.2) is 11.5 Å². The van der Waals surface area contributed by atoms with Gasteiger partial charge in [-0.05, 0) is 25.1 Å². The minimum absolute atomic E-state index is 0.177. The van der Waals surface area contributed by atoms with Gasteiger partial charge in [0.05, 0.1) is 11.9 Å². The fourth-order valence-corrected chi connectivity index (χ4v) is 3.66. The van der Waals surface area contributed by atoms with Crippen LogP contribution in [0.1, 0.15) is 12.5 Å². The van der Waals surface area contributed by atoms with Crippen LogP contribution in [-0.2, 0) is 0 Å². The van der Waals surface area contributed by atoms with E-state index in [1.54, 1.807) is 16.8 Å². The summed E-state index contributed by atoms with van der Waals surface area (Å²) in [5.41, 5.74) is 2.31. The van der Waals surface area contributed by atoms with Gasteiger partial charge in [0.25, 0.3) is 0 Å². The predicted octanol–water partition coefficient (Wildman–Crippen LogP) is 4.19. The SMILES string of the molecule is CCN=c1scc(-c2ccccc2Br)n1N=Cc1cccc(O)c1O. The van der Waals surface area contributed by atoms with E-state index in [1.165, 1.54) is 23.6 Å². The topological polar surface area (TPSA) is 70.1 Å². The summed E-state index contributed by atoms with van der Waals surface area (Å²) in [5.74, 6) is -0.373. The van der Waals surface area contributed by atoms with Gasteiger partial charge in [-0.3, -0.25) is 4.99 Å². The second-order valence-electron chi connectivity index (χ2n) is 5.13. The summed E-state index contributed by atoms with van der Waals surface area (Å²) < 4.78 is 2.69. The van der Waals surface area contributed by atoms with Gasteiger partial charge in [-0.15, -0.1) is 11.3 Å². The molecule has 1 aromatic heterocycles. The monoisotopic (exact) mass is 417 g/mol. The molecule has 0 saturated heterocycles. The van der Waals surface area contributed by atoms with E-state index in [9.17, 15) is 10.2 Å². The van der Waals surface area contributed by atoms with E-state index in [4.69, 9.17) is 0 Å². The third-order valence-corrected chi connectivity index (χ3v) is 5.03. The molecule has 0 radical (unpaired) electrons. The van der Waals surface area contributed by atoms with Crippen molar-refractivity contribution in [2.24, 2.45) is 10.1 Å². The minimum atomic E-state index is -0.196. The zero-order chi connectivity index (χ0) is 17.8. The average molecular weight is 418 g/mol. The highest BCUT2D eigenvalue weighted by Crippen LogP contribution is 2.29. The van der Waals surface area contributed by atoms with E-state index in [0.29, 0.717) is 12.1 Å². The Bertz CT molecular complexity index is 992. The largest absolute Gasteiger partial charge is 0.504 e. The zero-order valence-electron chi connectivity index (χ0n) is 13.4. The van der Waals surface area contributed by atoms with Gasteiger partial charge in [-0.25, -0.2) is 4.68 Å². The number of thiazole rings is 1. The number of halogens is 1. The Morgan fingerprint density at radius 1 is 1.16 bits per heavy atom. The van der Waals surface area contributed by atoms with Crippen LogP contribution in [0.15, 0.2) is 62.4 Å². The molecule has 0 spiro atoms. The van der Waals surface area contributed by atoms with Crippen LogP contribution in [0.5, 0.6) is 11.5 Å². The third kappa shape index (κ3) is 3.67. The van der Waals surface area contributed by atoms with Gasteiger partial charge < -0.3 is 10.2 Å². The van der Waals surface area contributed by atoms with Gasteiger partial charge in [0, 0.05) is 27.5 Å². The number of nitrogens with zero attached hydrogens (tertiary/aromatic N) is 3. The van der Waals surface area contributed by atoms with Crippen LogP contribution in [0.3, 0.4) is 0 Å². The van der Waals surface area contributed by atoms with Gasteiger partial charge in [-0.1, -0.05) is 40.2 Å². The van der Waals surface area contributed by atoms with Crippen molar-refractivity contribution in [3.05, 3.63) is 62.7 Å². The lowest BCUT2D eigenvalue weighted by atomic mass is 10.2. The fraction of sp³-hybridized carbons (Fsp3) is 0.111. The number of hydrogen-bond acceptors (Lipinski definition) is 5. The van der Waals surface area contributed by atoms with Crippen molar-refractivity contribution < 1.29 is 10.2 Å². The van der Waals surface area contributed by atoms with Crippen LogP contribution in [0.25, 0.3) is 11.3 Å². The van der Waals surface area contributed by atoms with Gasteiger partial charge in [0.2, 0.25) is 4.80 Å². The molecular formula is C18H16BrN3O2S. The van der Waals surface area contributed by atoms with Crippen LogP contribution >= 0.6 is 27.3 Å². The Kier molecular flexibility index (Phi) is 5.35. The van der Waals surface area contributed by atoms with Crippen LogP contribution in [-0.4, -0.2) is 27.6 Å². The maximum atomic E-state index is 9.95. The molecule has 0 aliphatic carbocycles. The molecule has 0 atom stereocenters. The molecule has 7 heteroatoms. The number of aromatic hydroxyl groups is 2. The van der Waals surface area contributed by atoms with E-state index >= 15 is 0 Å². The Morgan fingerprint density at radius 2 is 1.96 bits per heavy atom. The summed E-state index contributed by atoms with van der Waals surface area (Å²) >= 11 is 5.06. The fourth-order valence-electron chi connectivity index (χ4n) is 2.28. The zero-order valence-corrected chi connectivity index (χ0v) is 15.8. The molecule has 5 nitrogen and oxygen atoms in total. The summed E-state index contributed by atoms with van der Waals surface area (Å²) in [7, 11) is 0. The van der Waals surface area contributed by atoms with Gasteiger partial charge >= 0.3 is 0 Å². The molecule has 0 saturated carbocycles. The molecule has 0 aliphatic heterocycles. The molecule has 0 fully saturated rings. The molecule has 0 amide bonds. The van der Waals surface area contributed by atoms with Crippen molar-refractivity contribution in [1.82, 2.24) is 4.68 Å². The van der Waals surface area contributed by atoms with Gasteiger partial charge in [-0.2, -0.15) is 5.10 Å². The van der Waals surface area contributed by atoms with E-state index in [0.717, 1.165) is 20.5 Å². The lowest BCUT2D eigenvalue weighted by Crippen LogP contribution is -2.12. The quantitative estimate of drug-likeness (QED) is 0.493. The van der Waals surface area contributed by atoms with Crippen molar-refractivity contribution in [3.8, 4) is 22.8 Å². The minimum Gasteiger partial charge on any atom is -0.504 e. The second-order valence-corrected chi connectivity index (χ2v) is 6.82. The van der Waals surface area contributed by atoms with Crippen molar-refractivity contribution in [1.29, 1.82) is 0 Å². The van der Waals surface area contributed by atoms with Gasteiger partial charge in [0.1, 0.15) is 0 Å². The number of aromatic nitrogens is 1. The summed E-state index contributed by atoms with van der Waals surface area (Å²) in [6.07, 6.45) is 1.51. The Hall–Kier alpha value is -2.38. The van der Waals surface area contributed by atoms with Crippen molar-refractivity contribution in [3.63, 3.8) is 0 Å². The van der Waals surface area contributed by atoms with E-state index < -0.39 is 0 Å². The average Bonchev–Trinajstić information content (AvgIpc) is 2.99. The van der Waals surface area contributed by atoms with Crippen molar-refractivity contribution in [2.45, 2.75) is 6.92 Å². The maximum Gasteiger partial charge on any atom is 0.206 e. The Morgan fingerprint density at radius 3 is 2.72 bits per heavy atom. The van der Waals surface area contributed by atoms with Crippen LogP contribution in [0.4, 0.5) is 0 Å². The molecule has 1 heterocycles. The molecule has 128 valence electrons. The predicted molar refractivity (Wildman–Crippen MR) is 104 cm³/mol. The highest BCUT2D eigenvalue weighted by molar-refractivity contribution is 9.10. The summed E-state index contributed by atoms with van der Waals surface area (Å²) in [6, 6.07) is 12.6. The van der Waals surface area contributed by atoms with Crippen LogP contribution in [0, 0.1) is 0 Å². The first-order valence-corrected chi connectivity index (χ1v) is 9.30. The second kappa shape index (κ2) is 7.67. The number of hydrogen-bond donors (Lipinski definition) is 2. The first kappa shape index (κ1) is 17.4. The molecule has 0 unspecified atom stereocenters. The van der Waals surface area contributed by atoms with Crippen LogP contribution in [0.2, 0.25) is 0 Å². The summed E-state index contributed by atoms with van der Waals surface area (Å²) in [5, 5.41) is 26.1. The number of rotatable bonds is 4. The lowest BCUT2D eigenvalue weighted by Gasteiger charge is -2.06. The molecule has 3 aromatic rings. The summed E-state index contributed by atoms with van der Waals surface area (Å²) in [6.45, 7) is 2.61. The highest BCUT2D eigenvalue weighted by atomic mass is 79.9.